The van der Waals surface area contributed by atoms with Crippen molar-refractivity contribution in [2.75, 3.05) is 67.0 Å². The zero-order valence-electron chi connectivity index (χ0n) is 20.6. The predicted octanol–water partition coefficient (Wildman–Crippen LogP) is 2.99. The van der Waals surface area contributed by atoms with Crippen LogP contribution >= 0.6 is 0 Å². The highest BCUT2D eigenvalue weighted by Crippen LogP contribution is 2.29. The molecule has 178 valence electrons. The van der Waals surface area contributed by atoms with E-state index >= 15 is 0 Å². The van der Waals surface area contributed by atoms with E-state index in [1.807, 2.05) is 0 Å². The Hall–Kier alpha value is -1.43. The number of benzene rings is 1. The van der Waals surface area contributed by atoms with Crippen LogP contribution in [0.2, 0.25) is 0 Å². The van der Waals surface area contributed by atoms with Crippen LogP contribution in [-0.4, -0.2) is 98.5 Å². The molecule has 0 spiro atoms. The van der Waals surface area contributed by atoms with Gasteiger partial charge in [-0.05, 0) is 109 Å². The molecule has 1 aromatic rings. The van der Waals surface area contributed by atoms with E-state index < -0.39 is 0 Å². The molecule has 2 heterocycles. The molecule has 2 fully saturated rings. The number of rotatable bonds is 8. The molecule has 4 rings (SSSR count). The fraction of sp³-hybridized carbons (Fsp3) is 0.741. The van der Waals surface area contributed by atoms with Crippen molar-refractivity contribution in [2.24, 2.45) is 11.8 Å². The van der Waals surface area contributed by atoms with E-state index in [4.69, 9.17) is 0 Å². The minimum atomic E-state index is 0.199. The fourth-order valence-corrected chi connectivity index (χ4v) is 6.10. The number of piperidine rings is 2. The van der Waals surface area contributed by atoms with Crippen LogP contribution in [0.25, 0.3) is 0 Å². The van der Waals surface area contributed by atoms with Gasteiger partial charge in [0.25, 0.3) is 0 Å². The van der Waals surface area contributed by atoms with E-state index in [0.29, 0.717) is 17.9 Å². The van der Waals surface area contributed by atoms with Gasteiger partial charge in [0, 0.05) is 25.7 Å². The van der Waals surface area contributed by atoms with Crippen LogP contribution in [0, 0.1) is 11.8 Å². The van der Waals surface area contributed by atoms with Gasteiger partial charge in [0.1, 0.15) is 0 Å². The van der Waals surface area contributed by atoms with Crippen LogP contribution in [0.15, 0.2) is 24.3 Å². The zero-order valence-corrected chi connectivity index (χ0v) is 20.6. The quantitative estimate of drug-likeness (QED) is 0.622. The third-order valence-corrected chi connectivity index (χ3v) is 7.99. The predicted molar refractivity (Wildman–Crippen MR) is 132 cm³/mol. The van der Waals surface area contributed by atoms with Crippen molar-refractivity contribution < 1.29 is 4.79 Å². The van der Waals surface area contributed by atoms with Gasteiger partial charge >= 0.3 is 0 Å². The Morgan fingerprint density at radius 3 is 2.31 bits per heavy atom. The molecule has 1 atom stereocenters. The lowest BCUT2D eigenvalue weighted by atomic mass is 9.92. The first-order chi connectivity index (χ1) is 15.5. The highest BCUT2D eigenvalue weighted by molar-refractivity contribution is 5.79. The van der Waals surface area contributed by atoms with Crippen molar-refractivity contribution in [1.82, 2.24) is 19.6 Å². The molecule has 5 nitrogen and oxygen atoms in total. The SMILES string of the molecule is CN(C)CCCN(CC1CCN(C2Cc3ccccc3C2)CC1)C(=O)C1CCCN(C)C1. The highest BCUT2D eigenvalue weighted by Gasteiger charge is 2.32. The second-order valence-corrected chi connectivity index (χ2v) is 10.9. The molecule has 3 aliphatic rings. The number of likely N-dealkylation sites (tertiary alicyclic amines) is 2. The summed E-state index contributed by atoms with van der Waals surface area (Å²) < 4.78 is 0. The minimum Gasteiger partial charge on any atom is -0.342 e. The Bertz CT molecular complexity index is 718. The Labute approximate surface area is 195 Å². The molecule has 0 radical (unpaired) electrons. The monoisotopic (exact) mass is 440 g/mol. The summed E-state index contributed by atoms with van der Waals surface area (Å²) in [6.45, 7) is 7.37. The molecular weight excluding hydrogens is 396 g/mol. The first kappa shape index (κ1) is 23.7. The van der Waals surface area contributed by atoms with Crippen LogP contribution in [0.5, 0.6) is 0 Å². The molecule has 1 unspecified atom stereocenters. The molecular formula is C27H44N4O. The number of hydrogen-bond acceptors (Lipinski definition) is 4. The van der Waals surface area contributed by atoms with Crippen LogP contribution in [0.4, 0.5) is 0 Å². The Morgan fingerprint density at radius 2 is 1.69 bits per heavy atom. The fourth-order valence-electron chi connectivity index (χ4n) is 6.10. The van der Waals surface area contributed by atoms with Crippen molar-refractivity contribution in [3.63, 3.8) is 0 Å². The number of carbonyl (C=O) groups excluding carboxylic acids is 1. The lowest BCUT2D eigenvalue weighted by Gasteiger charge is -2.39. The van der Waals surface area contributed by atoms with Crippen LogP contribution in [0.3, 0.4) is 0 Å². The summed E-state index contributed by atoms with van der Waals surface area (Å²) in [4.78, 5) is 23.0. The van der Waals surface area contributed by atoms with Crippen LogP contribution in [0.1, 0.15) is 43.2 Å². The van der Waals surface area contributed by atoms with E-state index in [0.717, 1.165) is 52.0 Å². The average Bonchev–Trinajstić information content (AvgIpc) is 3.22. The summed E-state index contributed by atoms with van der Waals surface area (Å²) >= 11 is 0. The second-order valence-electron chi connectivity index (χ2n) is 10.9. The van der Waals surface area contributed by atoms with Gasteiger partial charge in [0.2, 0.25) is 5.91 Å². The normalized spacial score (nSPS) is 23.6. The average molecular weight is 441 g/mol. The minimum absolute atomic E-state index is 0.199. The summed E-state index contributed by atoms with van der Waals surface area (Å²) in [5.41, 5.74) is 3.10. The van der Waals surface area contributed by atoms with Gasteiger partial charge in [0.15, 0.2) is 0 Å². The summed E-state index contributed by atoms with van der Waals surface area (Å²) in [5.74, 6) is 1.27. The summed E-state index contributed by atoms with van der Waals surface area (Å²) in [7, 11) is 6.41. The maximum absolute atomic E-state index is 13.5. The number of hydrogen-bond donors (Lipinski definition) is 0. The maximum Gasteiger partial charge on any atom is 0.226 e. The highest BCUT2D eigenvalue weighted by atomic mass is 16.2. The third-order valence-electron chi connectivity index (χ3n) is 7.99. The molecule has 0 aromatic heterocycles. The van der Waals surface area contributed by atoms with E-state index in [9.17, 15) is 4.79 Å². The molecule has 0 N–H and O–H groups in total. The molecule has 2 aliphatic heterocycles. The smallest absolute Gasteiger partial charge is 0.226 e. The first-order valence-corrected chi connectivity index (χ1v) is 12.9. The summed E-state index contributed by atoms with van der Waals surface area (Å²) in [6, 6.07) is 9.66. The van der Waals surface area contributed by atoms with Crippen LogP contribution in [-0.2, 0) is 17.6 Å². The van der Waals surface area contributed by atoms with Crippen molar-refractivity contribution >= 4 is 5.91 Å². The molecule has 1 aromatic carbocycles. The number of amides is 1. The molecule has 32 heavy (non-hydrogen) atoms. The maximum atomic E-state index is 13.5. The van der Waals surface area contributed by atoms with Crippen molar-refractivity contribution in [2.45, 2.75) is 51.0 Å². The second kappa shape index (κ2) is 11.1. The third kappa shape index (κ3) is 6.12. The van der Waals surface area contributed by atoms with Crippen molar-refractivity contribution in [1.29, 1.82) is 0 Å². The van der Waals surface area contributed by atoms with E-state index in [-0.39, 0.29) is 5.92 Å². The van der Waals surface area contributed by atoms with Crippen molar-refractivity contribution in [3.8, 4) is 0 Å². The molecule has 1 amide bonds. The molecule has 1 aliphatic carbocycles. The Morgan fingerprint density at radius 1 is 1.00 bits per heavy atom. The Kier molecular flexibility index (Phi) is 8.25. The molecule has 5 heteroatoms. The van der Waals surface area contributed by atoms with Gasteiger partial charge in [-0.15, -0.1) is 0 Å². The molecule has 0 bridgehead atoms. The van der Waals surface area contributed by atoms with Gasteiger partial charge in [0.05, 0.1) is 5.92 Å². The standard InChI is InChI=1S/C27H44N4O/c1-28(2)13-7-15-31(27(32)25-10-6-14-29(3)21-25)20-22-11-16-30(17-12-22)26-18-23-8-4-5-9-24(23)19-26/h4-5,8-9,22,25-26H,6-7,10-21H2,1-3H3. The number of carbonyl (C=O) groups is 1. The van der Waals surface area contributed by atoms with Gasteiger partial charge < -0.3 is 14.7 Å². The Balaban J connectivity index is 1.29. The number of fused-ring (bicyclic) bond motifs is 1. The van der Waals surface area contributed by atoms with Gasteiger partial charge in [-0.3, -0.25) is 9.69 Å². The van der Waals surface area contributed by atoms with E-state index in [2.05, 4.69) is 65.0 Å². The first-order valence-electron chi connectivity index (χ1n) is 12.9. The topological polar surface area (TPSA) is 30.0 Å². The van der Waals surface area contributed by atoms with Crippen molar-refractivity contribution in [3.05, 3.63) is 35.4 Å². The van der Waals surface area contributed by atoms with Crippen LogP contribution < -0.4 is 0 Å². The van der Waals surface area contributed by atoms with E-state index in [1.165, 1.54) is 38.8 Å². The molecule has 2 saturated heterocycles. The summed E-state index contributed by atoms with van der Waals surface area (Å²) in [6.07, 6.45) is 8.18. The van der Waals surface area contributed by atoms with Gasteiger partial charge in [-0.25, -0.2) is 0 Å². The van der Waals surface area contributed by atoms with Gasteiger partial charge in [-0.1, -0.05) is 24.3 Å². The number of nitrogens with zero attached hydrogens (tertiary/aromatic N) is 4. The zero-order chi connectivity index (χ0) is 22.5. The lowest BCUT2D eigenvalue weighted by molar-refractivity contribution is -0.138. The van der Waals surface area contributed by atoms with Gasteiger partial charge in [-0.2, -0.15) is 0 Å². The summed E-state index contributed by atoms with van der Waals surface area (Å²) in [5, 5.41) is 0. The lowest BCUT2D eigenvalue weighted by Crippen LogP contribution is -2.48. The largest absolute Gasteiger partial charge is 0.342 e. The van der Waals surface area contributed by atoms with E-state index in [1.54, 1.807) is 11.1 Å². The molecule has 0 saturated carbocycles.